The summed E-state index contributed by atoms with van der Waals surface area (Å²) in [5.74, 6) is -0.0116. The summed E-state index contributed by atoms with van der Waals surface area (Å²) < 4.78 is 0. The number of hydrogen-bond acceptors (Lipinski definition) is 3. The van der Waals surface area contributed by atoms with Gasteiger partial charge in [-0.2, -0.15) is 5.10 Å². The number of nitrogens with one attached hydrogen (secondary N) is 2. The van der Waals surface area contributed by atoms with Gasteiger partial charge >= 0.3 is 0 Å². The molecule has 1 amide bonds. The first-order valence-corrected chi connectivity index (χ1v) is 9.73. The molecule has 5 nitrogen and oxygen atoms in total. The fraction of sp³-hybridized carbons (Fsp3) is 0.524. The highest BCUT2D eigenvalue weighted by Crippen LogP contribution is 2.14. The van der Waals surface area contributed by atoms with Gasteiger partial charge in [0.1, 0.15) is 0 Å². The second-order valence-corrected chi connectivity index (χ2v) is 7.51. The highest BCUT2D eigenvalue weighted by Gasteiger charge is 2.14. The van der Waals surface area contributed by atoms with Crippen molar-refractivity contribution in [1.82, 2.24) is 20.4 Å². The maximum atomic E-state index is 12.6. The van der Waals surface area contributed by atoms with Crippen LogP contribution in [0.25, 0.3) is 0 Å². The summed E-state index contributed by atoms with van der Waals surface area (Å²) in [5.41, 5.74) is 3.97. The van der Waals surface area contributed by atoms with Gasteiger partial charge in [0.25, 0.3) is 5.91 Å². The van der Waals surface area contributed by atoms with Crippen molar-refractivity contribution in [2.24, 2.45) is 0 Å². The van der Waals surface area contributed by atoms with Crippen molar-refractivity contribution in [1.29, 1.82) is 0 Å². The van der Waals surface area contributed by atoms with Gasteiger partial charge in [-0.25, -0.2) is 0 Å². The predicted molar refractivity (Wildman–Crippen MR) is 104 cm³/mol. The van der Waals surface area contributed by atoms with Crippen LogP contribution in [0.15, 0.2) is 30.3 Å². The molecule has 1 atom stereocenters. The number of aryl methyl sites for hydroxylation is 1. The van der Waals surface area contributed by atoms with Gasteiger partial charge < -0.3 is 5.32 Å². The Bertz CT molecular complexity index is 716. The Balaban J connectivity index is 1.56. The Morgan fingerprint density at radius 2 is 2.00 bits per heavy atom. The van der Waals surface area contributed by atoms with E-state index in [1.807, 2.05) is 38.1 Å². The fourth-order valence-electron chi connectivity index (χ4n) is 3.61. The van der Waals surface area contributed by atoms with Crippen molar-refractivity contribution in [2.45, 2.75) is 58.5 Å². The van der Waals surface area contributed by atoms with Gasteiger partial charge in [-0.1, -0.05) is 25.0 Å². The Morgan fingerprint density at radius 1 is 1.23 bits per heavy atom. The van der Waals surface area contributed by atoms with Gasteiger partial charge in [0.2, 0.25) is 0 Å². The van der Waals surface area contributed by atoms with E-state index in [0.717, 1.165) is 43.0 Å². The molecule has 1 aliphatic heterocycles. The second kappa shape index (κ2) is 8.99. The van der Waals surface area contributed by atoms with Crippen molar-refractivity contribution in [2.75, 3.05) is 13.1 Å². The van der Waals surface area contributed by atoms with Gasteiger partial charge in [0.05, 0.1) is 5.69 Å². The summed E-state index contributed by atoms with van der Waals surface area (Å²) in [7, 11) is 0. The zero-order chi connectivity index (χ0) is 18.4. The van der Waals surface area contributed by atoms with E-state index >= 15 is 0 Å². The number of rotatable bonds is 6. The number of carbonyl (C=O) groups is 1. The van der Waals surface area contributed by atoms with Crippen molar-refractivity contribution in [3.8, 4) is 0 Å². The van der Waals surface area contributed by atoms with Crippen LogP contribution in [0.2, 0.25) is 0 Å². The minimum Gasteiger partial charge on any atom is -0.349 e. The topological polar surface area (TPSA) is 61.0 Å². The quantitative estimate of drug-likeness (QED) is 0.835. The zero-order valence-electron chi connectivity index (χ0n) is 15.9. The van der Waals surface area contributed by atoms with Crippen LogP contribution in [0.1, 0.15) is 59.9 Å². The maximum absolute atomic E-state index is 12.6. The molecule has 1 saturated heterocycles. The maximum Gasteiger partial charge on any atom is 0.251 e. The molecule has 2 N–H and O–H groups in total. The molecular formula is C21H30N4O. The summed E-state index contributed by atoms with van der Waals surface area (Å²) in [6, 6.07) is 10.1. The Hall–Kier alpha value is -2.14. The molecule has 0 spiro atoms. The van der Waals surface area contributed by atoms with E-state index in [9.17, 15) is 4.79 Å². The molecule has 3 rings (SSSR count). The molecule has 1 unspecified atom stereocenters. The average molecular weight is 354 g/mol. The van der Waals surface area contributed by atoms with Crippen LogP contribution in [0.4, 0.5) is 0 Å². The van der Waals surface area contributed by atoms with Crippen molar-refractivity contribution in [3.63, 3.8) is 0 Å². The van der Waals surface area contributed by atoms with E-state index in [1.165, 1.54) is 31.2 Å². The minimum atomic E-state index is -0.0116. The van der Waals surface area contributed by atoms with Crippen LogP contribution < -0.4 is 5.32 Å². The molecule has 1 aliphatic rings. The van der Waals surface area contributed by atoms with Crippen LogP contribution in [-0.2, 0) is 13.0 Å². The molecule has 1 aromatic heterocycles. The first kappa shape index (κ1) is 18.6. The molecule has 0 radical (unpaired) electrons. The number of aromatic nitrogens is 2. The van der Waals surface area contributed by atoms with E-state index in [2.05, 4.69) is 26.5 Å². The Morgan fingerprint density at radius 3 is 2.69 bits per heavy atom. The van der Waals surface area contributed by atoms with E-state index in [1.54, 1.807) is 0 Å². The second-order valence-electron chi connectivity index (χ2n) is 7.51. The summed E-state index contributed by atoms with van der Waals surface area (Å²) in [4.78, 5) is 15.1. The summed E-state index contributed by atoms with van der Waals surface area (Å²) >= 11 is 0. The van der Waals surface area contributed by atoms with Gasteiger partial charge in [0.15, 0.2) is 0 Å². The highest BCUT2D eigenvalue weighted by molar-refractivity contribution is 5.94. The van der Waals surface area contributed by atoms with E-state index < -0.39 is 0 Å². The molecule has 5 heteroatoms. The first-order valence-electron chi connectivity index (χ1n) is 9.73. The molecule has 26 heavy (non-hydrogen) atoms. The number of hydrogen-bond donors (Lipinski definition) is 2. The monoisotopic (exact) mass is 354 g/mol. The van der Waals surface area contributed by atoms with E-state index in [-0.39, 0.29) is 11.9 Å². The van der Waals surface area contributed by atoms with Crippen LogP contribution in [0, 0.1) is 6.92 Å². The Labute approximate surface area is 156 Å². The molecule has 140 valence electrons. The smallest absolute Gasteiger partial charge is 0.251 e. The van der Waals surface area contributed by atoms with Crippen molar-refractivity contribution >= 4 is 5.91 Å². The number of likely N-dealkylation sites (tertiary alicyclic amines) is 1. The molecule has 1 fully saturated rings. The molecule has 1 aromatic carbocycles. The SMILES string of the molecule is Cc1cc(CC(C)NC(=O)c2cccc(CN3CCCCCC3)c2)n[nH]1. The van der Waals surface area contributed by atoms with E-state index in [4.69, 9.17) is 0 Å². The zero-order valence-corrected chi connectivity index (χ0v) is 15.9. The van der Waals surface area contributed by atoms with Crippen LogP contribution in [0.3, 0.4) is 0 Å². The highest BCUT2D eigenvalue weighted by atomic mass is 16.1. The number of amides is 1. The summed E-state index contributed by atoms with van der Waals surface area (Å²) in [6.45, 7) is 7.26. The molecular weight excluding hydrogens is 324 g/mol. The van der Waals surface area contributed by atoms with Gasteiger partial charge in [-0.3, -0.25) is 14.8 Å². The van der Waals surface area contributed by atoms with Gasteiger partial charge in [-0.05, 0) is 63.5 Å². The number of nitrogens with zero attached hydrogens (tertiary/aromatic N) is 2. The van der Waals surface area contributed by atoms with Crippen LogP contribution in [-0.4, -0.2) is 40.1 Å². The predicted octanol–water partition coefficient (Wildman–Crippen LogP) is 3.46. The first-order chi connectivity index (χ1) is 12.6. The number of aromatic amines is 1. The third-order valence-electron chi connectivity index (χ3n) is 4.95. The molecule has 0 bridgehead atoms. The van der Waals surface area contributed by atoms with Crippen LogP contribution in [0.5, 0.6) is 0 Å². The van der Waals surface area contributed by atoms with Crippen LogP contribution >= 0.6 is 0 Å². The fourth-order valence-corrected chi connectivity index (χ4v) is 3.61. The number of benzene rings is 1. The lowest BCUT2D eigenvalue weighted by Crippen LogP contribution is -2.34. The lowest BCUT2D eigenvalue weighted by Gasteiger charge is -2.20. The molecule has 2 aromatic rings. The largest absolute Gasteiger partial charge is 0.349 e. The standard InChI is InChI=1S/C21H30N4O/c1-16(12-20-13-17(2)23-24-20)22-21(26)19-9-7-8-18(14-19)15-25-10-5-3-4-6-11-25/h7-9,13-14,16H,3-6,10-12,15H2,1-2H3,(H,22,26)(H,23,24). The lowest BCUT2D eigenvalue weighted by atomic mass is 10.1. The minimum absolute atomic E-state index is 0.0116. The molecule has 2 heterocycles. The Kier molecular flexibility index (Phi) is 6.45. The molecule has 0 saturated carbocycles. The molecule has 0 aliphatic carbocycles. The van der Waals surface area contributed by atoms with Gasteiger partial charge in [0, 0.05) is 30.3 Å². The number of H-pyrrole nitrogens is 1. The summed E-state index contributed by atoms with van der Waals surface area (Å²) in [5, 5.41) is 10.3. The van der Waals surface area contributed by atoms with Crippen molar-refractivity contribution in [3.05, 3.63) is 52.8 Å². The van der Waals surface area contributed by atoms with Crippen molar-refractivity contribution < 1.29 is 4.79 Å². The summed E-state index contributed by atoms with van der Waals surface area (Å²) in [6.07, 6.45) is 5.97. The third-order valence-corrected chi connectivity index (χ3v) is 4.95. The lowest BCUT2D eigenvalue weighted by molar-refractivity contribution is 0.0939. The third kappa shape index (κ3) is 5.43. The van der Waals surface area contributed by atoms with E-state index in [0.29, 0.717) is 0 Å². The van der Waals surface area contributed by atoms with Gasteiger partial charge in [-0.15, -0.1) is 0 Å². The normalized spacial score (nSPS) is 16.8. The average Bonchev–Trinajstić information content (AvgIpc) is 2.86. The number of carbonyl (C=O) groups excluding carboxylic acids is 1.